The molecule has 2 aromatic rings. The number of anilines is 2. The third-order valence-electron chi connectivity index (χ3n) is 4.84. The highest BCUT2D eigenvalue weighted by molar-refractivity contribution is 5.99. The molecule has 1 amide bonds. The Kier molecular flexibility index (Phi) is 2.79. The molecule has 1 N–H and O–H groups in total. The average molecular weight is 312 g/mol. The third-order valence-corrected chi connectivity index (χ3v) is 4.84. The van der Waals surface area contributed by atoms with E-state index in [1.165, 1.54) is 0 Å². The largest absolute Gasteiger partial charge is 0.360 e. The number of aryl methyl sites for hydroxylation is 1. The van der Waals surface area contributed by atoms with Crippen LogP contribution in [0.4, 0.5) is 11.5 Å². The molecule has 0 unspecified atom stereocenters. The standard InChI is InChI=1S/C16H20N6O/c1-16(2)13-11(19-22(4)20-13)10-7-8-17-14(12(10)21(16)3)18-15(23)9-5-6-9/h7-9H,5-6H2,1-4H3,(H,17,18,23). The fourth-order valence-corrected chi connectivity index (χ4v) is 3.08. The zero-order valence-electron chi connectivity index (χ0n) is 13.8. The van der Waals surface area contributed by atoms with Crippen LogP contribution in [0.15, 0.2) is 12.3 Å². The van der Waals surface area contributed by atoms with Crippen LogP contribution >= 0.6 is 0 Å². The van der Waals surface area contributed by atoms with Gasteiger partial charge in [0.1, 0.15) is 11.4 Å². The van der Waals surface area contributed by atoms with Crippen LogP contribution in [0, 0.1) is 5.92 Å². The Bertz CT molecular complexity index is 805. The van der Waals surface area contributed by atoms with Crippen LogP contribution < -0.4 is 10.2 Å². The maximum atomic E-state index is 12.2. The number of fused-ring (bicyclic) bond motifs is 3. The number of carbonyl (C=O) groups is 1. The fourth-order valence-electron chi connectivity index (χ4n) is 3.08. The highest BCUT2D eigenvalue weighted by Crippen LogP contribution is 2.47. The van der Waals surface area contributed by atoms with Crippen molar-refractivity contribution in [3.63, 3.8) is 0 Å². The highest BCUT2D eigenvalue weighted by Gasteiger charge is 2.41. The molecule has 3 heterocycles. The molecular weight excluding hydrogens is 292 g/mol. The van der Waals surface area contributed by atoms with Crippen LogP contribution in [0.25, 0.3) is 11.3 Å². The van der Waals surface area contributed by atoms with E-state index in [-0.39, 0.29) is 17.4 Å². The lowest BCUT2D eigenvalue weighted by molar-refractivity contribution is -0.117. The second-order valence-corrected chi connectivity index (χ2v) is 6.82. The van der Waals surface area contributed by atoms with Crippen molar-refractivity contribution in [2.24, 2.45) is 13.0 Å². The molecule has 0 spiro atoms. The molecule has 7 nitrogen and oxygen atoms in total. The number of aromatic nitrogens is 4. The maximum Gasteiger partial charge on any atom is 0.228 e. The Hall–Kier alpha value is -2.44. The first kappa shape index (κ1) is 14.2. The van der Waals surface area contributed by atoms with Crippen LogP contribution in [0.1, 0.15) is 32.4 Å². The number of nitrogens with one attached hydrogen (secondary N) is 1. The number of pyridine rings is 1. The second-order valence-electron chi connectivity index (χ2n) is 6.82. The summed E-state index contributed by atoms with van der Waals surface area (Å²) >= 11 is 0. The summed E-state index contributed by atoms with van der Waals surface area (Å²) in [4.78, 5) is 20.3. The molecule has 120 valence electrons. The summed E-state index contributed by atoms with van der Waals surface area (Å²) in [5.41, 5.74) is 3.31. The minimum Gasteiger partial charge on any atom is -0.360 e. The molecule has 4 rings (SSSR count). The van der Waals surface area contributed by atoms with E-state index in [0.717, 1.165) is 35.5 Å². The SMILES string of the molecule is CN1c2c(ccnc2NC(=O)C2CC2)-c2nn(C)nc2C1(C)C. The summed E-state index contributed by atoms with van der Waals surface area (Å²) < 4.78 is 0. The monoisotopic (exact) mass is 312 g/mol. The molecule has 2 aliphatic rings. The summed E-state index contributed by atoms with van der Waals surface area (Å²) in [5, 5.41) is 12.1. The van der Waals surface area contributed by atoms with Gasteiger partial charge in [0.25, 0.3) is 0 Å². The van der Waals surface area contributed by atoms with Crippen molar-refractivity contribution in [2.75, 3.05) is 17.3 Å². The van der Waals surface area contributed by atoms with Gasteiger partial charge in [0, 0.05) is 31.8 Å². The molecule has 1 aliphatic carbocycles. The van der Waals surface area contributed by atoms with Gasteiger partial charge >= 0.3 is 0 Å². The zero-order chi connectivity index (χ0) is 16.4. The van der Waals surface area contributed by atoms with Crippen LogP contribution in [0.2, 0.25) is 0 Å². The van der Waals surface area contributed by atoms with Gasteiger partial charge in [-0.25, -0.2) is 4.98 Å². The Morgan fingerprint density at radius 3 is 2.74 bits per heavy atom. The smallest absolute Gasteiger partial charge is 0.228 e. The second kappa shape index (κ2) is 4.53. The summed E-state index contributed by atoms with van der Waals surface area (Å²) in [5.74, 6) is 0.801. The van der Waals surface area contributed by atoms with Gasteiger partial charge in [-0.1, -0.05) is 0 Å². The molecule has 1 fully saturated rings. The van der Waals surface area contributed by atoms with Gasteiger partial charge in [-0.3, -0.25) is 4.79 Å². The molecule has 0 saturated heterocycles. The molecule has 2 aromatic heterocycles. The van der Waals surface area contributed by atoms with Gasteiger partial charge in [0.2, 0.25) is 5.91 Å². The number of rotatable bonds is 2. The number of amides is 1. The van der Waals surface area contributed by atoms with Crippen LogP contribution in [0.3, 0.4) is 0 Å². The lowest BCUT2D eigenvalue weighted by atomic mass is 9.88. The van der Waals surface area contributed by atoms with E-state index >= 15 is 0 Å². The van der Waals surface area contributed by atoms with Crippen molar-refractivity contribution < 1.29 is 4.79 Å². The van der Waals surface area contributed by atoms with E-state index in [4.69, 9.17) is 0 Å². The first-order valence-electron chi connectivity index (χ1n) is 7.85. The minimum atomic E-state index is -0.335. The lowest BCUT2D eigenvalue weighted by Crippen LogP contribution is -2.42. The number of hydrogen-bond acceptors (Lipinski definition) is 5. The number of hydrogen-bond donors (Lipinski definition) is 1. The van der Waals surface area contributed by atoms with Gasteiger partial charge in [-0.2, -0.15) is 15.0 Å². The summed E-state index contributed by atoms with van der Waals surface area (Å²) in [6.45, 7) is 4.20. The Morgan fingerprint density at radius 2 is 2.04 bits per heavy atom. The molecular formula is C16H20N6O. The molecule has 0 atom stereocenters. The average Bonchev–Trinajstić information content (AvgIpc) is 3.27. The normalized spacial score (nSPS) is 18.3. The Morgan fingerprint density at radius 1 is 1.30 bits per heavy atom. The zero-order valence-corrected chi connectivity index (χ0v) is 13.8. The van der Waals surface area contributed by atoms with Gasteiger partial charge in [-0.05, 0) is 32.8 Å². The predicted molar refractivity (Wildman–Crippen MR) is 87.0 cm³/mol. The van der Waals surface area contributed by atoms with Crippen LogP contribution in [-0.2, 0) is 17.4 Å². The summed E-state index contributed by atoms with van der Waals surface area (Å²) in [6, 6.07) is 1.93. The van der Waals surface area contributed by atoms with Crippen LogP contribution in [-0.4, -0.2) is 32.9 Å². The first-order valence-corrected chi connectivity index (χ1v) is 7.85. The van der Waals surface area contributed by atoms with Crippen LogP contribution in [0.5, 0.6) is 0 Å². The van der Waals surface area contributed by atoms with Crippen molar-refractivity contribution in [3.05, 3.63) is 18.0 Å². The van der Waals surface area contributed by atoms with E-state index in [1.807, 2.05) is 20.2 Å². The highest BCUT2D eigenvalue weighted by atomic mass is 16.2. The molecule has 1 aliphatic heterocycles. The van der Waals surface area contributed by atoms with Gasteiger partial charge in [-0.15, -0.1) is 0 Å². The molecule has 0 bridgehead atoms. The molecule has 0 aromatic carbocycles. The topological polar surface area (TPSA) is 75.9 Å². The van der Waals surface area contributed by atoms with E-state index in [9.17, 15) is 4.79 Å². The first-order chi connectivity index (χ1) is 10.9. The number of carbonyl (C=O) groups excluding carboxylic acids is 1. The van der Waals surface area contributed by atoms with E-state index in [1.54, 1.807) is 11.0 Å². The van der Waals surface area contributed by atoms with Gasteiger partial charge in [0.15, 0.2) is 5.82 Å². The van der Waals surface area contributed by atoms with E-state index in [0.29, 0.717) is 5.82 Å². The summed E-state index contributed by atoms with van der Waals surface area (Å²) in [6.07, 6.45) is 3.65. The number of nitrogens with zero attached hydrogens (tertiary/aromatic N) is 5. The van der Waals surface area contributed by atoms with Crippen molar-refractivity contribution in [3.8, 4) is 11.3 Å². The Balaban J connectivity index is 1.88. The van der Waals surface area contributed by atoms with Gasteiger partial charge in [0.05, 0.1) is 11.2 Å². The molecule has 0 radical (unpaired) electrons. The fraction of sp³-hybridized carbons (Fsp3) is 0.500. The molecule has 23 heavy (non-hydrogen) atoms. The van der Waals surface area contributed by atoms with E-state index < -0.39 is 0 Å². The van der Waals surface area contributed by atoms with Crippen molar-refractivity contribution in [2.45, 2.75) is 32.2 Å². The Labute approximate surface area is 134 Å². The quantitative estimate of drug-likeness (QED) is 0.916. The minimum absolute atomic E-state index is 0.0575. The predicted octanol–water partition coefficient (Wildman–Crippen LogP) is 1.91. The van der Waals surface area contributed by atoms with Crippen molar-refractivity contribution in [1.82, 2.24) is 20.0 Å². The maximum absolute atomic E-state index is 12.2. The lowest BCUT2D eigenvalue weighted by Gasteiger charge is -2.41. The molecule has 7 heteroatoms. The molecule has 1 saturated carbocycles. The van der Waals surface area contributed by atoms with Crippen molar-refractivity contribution >= 4 is 17.4 Å². The third kappa shape index (κ3) is 2.03. The van der Waals surface area contributed by atoms with Crippen molar-refractivity contribution in [1.29, 1.82) is 0 Å². The van der Waals surface area contributed by atoms with E-state index in [2.05, 4.69) is 39.2 Å². The van der Waals surface area contributed by atoms with Gasteiger partial charge < -0.3 is 10.2 Å². The summed E-state index contributed by atoms with van der Waals surface area (Å²) in [7, 11) is 3.83.